The minimum absolute atomic E-state index is 0.0957. The zero-order valence-corrected chi connectivity index (χ0v) is 10.6. The van der Waals surface area contributed by atoms with E-state index < -0.39 is 11.9 Å². The van der Waals surface area contributed by atoms with Crippen molar-refractivity contribution in [1.82, 2.24) is 0 Å². The van der Waals surface area contributed by atoms with Crippen LogP contribution >= 0.6 is 23.2 Å². The van der Waals surface area contributed by atoms with Crippen LogP contribution in [0.1, 0.15) is 13.8 Å². The summed E-state index contributed by atoms with van der Waals surface area (Å²) in [5.41, 5.74) is 0. The van der Waals surface area contributed by atoms with Gasteiger partial charge in [0.05, 0.1) is 10.8 Å². The second-order valence-corrected chi connectivity index (χ2v) is 4.65. The van der Waals surface area contributed by atoms with Gasteiger partial charge < -0.3 is 9.47 Å². The van der Waals surface area contributed by atoms with Crippen LogP contribution in [0.4, 0.5) is 0 Å². The highest BCUT2D eigenvalue weighted by atomic mass is 35.5. The van der Waals surface area contributed by atoms with Gasteiger partial charge in [0.1, 0.15) is 13.2 Å². The fourth-order valence-electron chi connectivity index (χ4n) is 0.626. The van der Waals surface area contributed by atoms with Crippen molar-refractivity contribution < 1.29 is 19.1 Å². The molecule has 92 valence electrons. The molecule has 0 saturated carbocycles. The van der Waals surface area contributed by atoms with Gasteiger partial charge in [-0.05, 0) is 13.8 Å². The highest BCUT2D eigenvalue weighted by Gasteiger charge is 2.04. The van der Waals surface area contributed by atoms with Gasteiger partial charge in [0.2, 0.25) is 0 Å². The summed E-state index contributed by atoms with van der Waals surface area (Å²) in [7, 11) is 0. The fourth-order valence-corrected chi connectivity index (χ4v) is 0.752. The molecule has 2 atom stereocenters. The first-order valence-electron chi connectivity index (χ1n) is 4.71. The quantitative estimate of drug-likeness (QED) is 0.419. The lowest BCUT2D eigenvalue weighted by atomic mass is 10.4. The number of rotatable bonds is 6. The van der Waals surface area contributed by atoms with E-state index in [0.29, 0.717) is 0 Å². The summed E-state index contributed by atoms with van der Waals surface area (Å²) < 4.78 is 9.38. The zero-order valence-electron chi connectivity index (χ0n) is 9.11. The molecule has 0 rings (SSSR count). The Morgan fingerprint density at radius 3 is 1.56 bits per heavy atom. The van der Waals surface area contributed by atoms with Crippen LogP contribution in [0.2, 0.25) is 0 Å². The molecular formula is C10H14Cl2O4. The molecule has 0 aromatic heterocycles. The number of esters is 2. The van der Waals surface area contributed by atoms with Gasteiger partial charge in [-0.3, -0.25) is 0 Å². The molecule has 0 aromatic carbocycles. The van der Waals surface area contributed by atoms with Crippen LogP contribution in [0.15, 0.2) is 12.2 Å². The van der Waals surface area contributed by atoms with Crippen molar-refractivity contribution in [2.75, 3.05) is 13.2 Å². The predicted octanol–water partition coefficient (Wildman–Crippen LogP) is 1.88. The Labute approximate surface area is 104 Å². The molecule has 0 aliphatic carbocycles. The Balaban J connectivity index is 3.80. The highest BCUT2D eigenvalue weighted by molar-refractivity contribution is 6.20. The molecule has 0 aliphatic heterocycles. The molecule has 0 aromatic rings. The van der Waals surface area contributed by atoms with Gasteiger partial charge in [-0.2, -0.15) is 0 Å². The maximum Gasteiger partial charge on any atom is 0.331 e. The molecule has 16 heavy (non-hydrogen) atoms. The van der Waals surface area contributed by atoms with Crippen LogP contribution in [0.3, 0.4) is 0 Å². The third-order valence-electron chi connectivity index (χ3n) is 1.27. The minimum atomic E-state index is -0.636. The summed E-state index contributed by atoms with van der Waals surface area (Å²) in [5.74, 6) is -1.27. The zero-order chi connectivity index (χ0) is 12.6. The van der Waals surface area contributed by atoms with E-state index in [9.17, 15) is 9.59 Å². The molecule has 0 spiro atoms. The lowest BCUT2D eigenvalue weighted by molar-refractivity contribution is -0.140. The van der Waals surface area contributed by atoms with E-state index in [4.69, 9.17) is 23.2 Å². The van der Waals surface area contributed by atoms with E-state index in [2.05, 4.69) is 9.47 Å². The van der Waals surface area contributed by atoms with Crippen LogP contribution in [-0.4, -0.2) is 35.9 Å². The number of carbonyl (C=O) groups excluding carboxylic acids is 2. The Morgan fingerprint density at radius 1 is 1.00 bits per heavy atom. The molecule has 0 amide bonds. The molecule has 0 heterocycles. The van der Waals surface area contributed by atoms with E-state index in [-0.39, 0.29) is 24.0 Å². The standard InChI is InChI=1S/C10H14Cl2O4/c1-7(11)5-15-9(13)3-4-10(14)16-6-8(2)12/h3-4,7-8H,5-6H2,1-2H3/b4-3+. The normalized spacial score (nSPS) is 14.5. The summed E-state index contributed by atoms with van der Waals surface area (Å²) >= 11 is 11.1. The average Bonchev–Trinajstić information content (AvgIpc) is 2.20. The predicted molar refractivity (Wildman–Crippen MR) is 61.7 cm³/mol. The number of hydrogen-bond acceptors (Lipinski definition) is 4. The average molecular weight is 269 g/mol. The summed E-state index contributed by atoms with van der Waals surface area (Å²) in [5, 5.41) is -0.525. The van der Waals surface area contributed by atoms with Crippen molar-refractivity contribution in [3.8, 4) is 0 Å². The molecule has 0 saturated heterocycles. The minimum Gasteiger partial charge on any atom is -0.461 e. The Kier molecular flexibility index (Phi) is 8.03. The van der Waals surface area contributed by atoms with Gasteiger partial charge in [-0.15, -0.1) is 23.2 Å². The van der Waals surface area contributed by atoms with Gasteiger partial charge in [-0.1, -0.05) is 0 Å². The summed E-state index contributed by atoms with van der Waals surface area (Å²) in [4.78, 5) is 22.0. The smallest absolute Gasteiger partial charge is 0.331 e. The molecule has 0 aliphatic rings. The van der Waals surface area contributed by atoms with E-state index >= 15 is 0 Å². The Hall–Kier alpha value is -0.740. The fraction of sp³-hybridized carbons (Fsp3) is 0.600. The Morgan fingerprint density at radius 2 is 1.31 bits per heavy atom. The van der Waals surface area contributed by atoms with Crippen molar-refractivity contribution in [1.29, 1.82) is 0 Å². The summed E-state index contributed by atoms with van der Waals surface area (Å²) in [6.45, 7) is 3.57. The summed E-state index contributed by atoms with van der Waals surface area (Å²) in [6, 6.07) is 0. The van der Waals surface area contributed by atoms with Gasteiger partial charge in [0.15, 0.2) is 0 Å². The Bertz CT molecular complexity index is 236. The first-order chi connectivity index (χ1) is 7.41. The van der Waals surface area contributed by atoms with Crippen LogP contribution < -0.4 is 0 Å². The van der Waals surface area contributed by atoms with Crippen molar-refractivity contribution in [2.24, 2.45) is 0 Å². The van der Waals surface area contributed by atoms with Gasteiger partial charge >= 0.3 is 11.9 Å². The number of halogens is 2. The second kappa shape index (κ2) is 8.42. The largest absolute Gasteiger partial charge is 0.461 e. The highest BCUT2D eigenvalue weighted by Crippen LogP contribution is 1.96. The summed E-state index contributed by atoms with van der Waals surface area (Å²) in [6.07, 6.45) is 1.97. The van der Waals surface area contributed by atoms with Crippen LogP contribution in [0.5, 0.6) is 0 Å². The van der Waals surface area contributed by atoms with Gasteiger partial charge in [0, 0.05) is 12.2 Å². The van der Waals surface area contributed by atoms with E-state index in [1.54, 1.807) is 13.8 Å². The number of ether oxygens (including phenoxy) is 2. The second-order valence-electron chi connectivity index (χ2n) is 3.15. The van der Waals surface area contributed by atoms with Crippen molar-refractivity contribution in [2.45, 2.75) is 24.6 Å². The van der Waals surface area contributed by atoms with Crippen molar-refractivity contribution in [3.63, 3.8) is 0 Å². The topological polar surface area (TPSA) is 52.6 Å². The molecule has 6 heteroatoms. The first kappa shape index (κ1) is 15.3. The number of alkyl halides is 2. The molecule has 2 unspecified atom stereocenters. The molecule has 4 nitrogen and oxygen atoms in total. The molecular weight excluding hydrogens is 255 g/mol. The van der Waals surface area contributed by atoms with Crippen LogP contribution in [0.25, 0.3) is 0 Å². The lowest BCUT2D eigenvalue weighted by Gasteiger charge is -2.03. The van der Waals surface area contributed by atoms with Crippen molar-refractivity contribution in [3.05, 3.63) is 12.2 Å². The molecule has 0 fully saturated rings. The monoisotopic (exact) mass is 268 g/mol. The molecule has 0 radical (unpaired) electrons. The third-order valence-corrected chi connectivity index (χ3v) is 1.52. The van der Waals surface area contributed by atoms with Crippen LogP contribution in [-0.2, 0) is 19.1 Å². The van der Waals surface area contributed by atoms with Gasteiger partial charge in [0.25, 0.3) is 0 Å². The SMILES string of the molecule is CC(Cl)COC(=O)/C=C/C(=O)OCC(C)Cl. The maximum absolute atomic E-state index is 11.0. The number of hydrogen-bond donors (Lipinski definition) is 0. The van der Waals surface area contributed by atoms with E-state index in [1.165, 1.54) is 0 Å². The third kappa shape index (κ3) is 9.80. The van der Waals surface area contributed by atoms with Gasteiger partial charge in [-0.25, -0.2) is 9.59 Å². The van der Waals surface area contributed by atoms with Crippen molar-refractivity contribution >= 4 is 35.1 Å². The first-order valence-corrected chi connectivity index (χ1v) is 5.59. The lowest BCUT2D eigenvalue weighted by Crippen LogP contribution is -2.11. The molecule has 0 bridgehead atoms. The molecule has 0 N–H and O–H groups in total. The maximum atomic E-state index is 11.0. The van der Waals surface area contributed by atoms with Crippen LogP contribution in [0, 0.1) is 0 Å². The number of carbonyl (C=O) groups is 2. The van der Waals surface area contributed by atoms with E-state index in [0.717, 1.165) is 12.2 Å². The van der Waals surface area contributed by atoms with E-state index in [1.807, 2.05) is 0 Å².